The van der Waals surface area contributed by atoms with E-state index >= 15 is 0 Å². The fourth-order valence-electron chi connectivity index (χ4n) is 4.89. The lowest BCUT2D eigenvalue weighted by atomic mass is 9.77. The van der Waals surface area contributed by atoms with E-state index in [1.807, 2.05) is 49.5 Å². The minimum Gasteiger partial charge on any atom is -0.354 e. The van der Waals surface area contributed by atoms with Crippen LogP contribution < -0.4 is 4.90 Å². The molecule has 0 bridgehead atoms. The fraction of sp³-hybridized carbons (Fsp3) is 0.160. The summed E-state index contributed by atoms with van der Waals surface area (Å²) in [6.07, 6.45) is 0. The van der Waals surface area contributed by atoms with Gasteiger partial charge in [0.2, 0.25) is 0 Å². The van der Waals surface area contributed by atoms with Crippen LogP contribution in [0.15, 0.2) is 78.9 Å². The number of carbonyl (C=O) groups excluding carboxylic acids is 1. The van der Waals surface area contributed by atoms with Crippen molar-refractivity contribution in [2.45, 2.75) is 12.5 Å². The summed E-state index contributed by atoms with van der Waals surface area (Å²) in [4.78, 5) is 16.2. The molecule has 0 saturated heterocycles. The van der Waals surface area contributed by atoms with E-state index in [9.17, 15) is 4.79 Å². The van der Waals surface area contributed by atoms with E-state index in [1.54, 1.807) is 0 Å². The Morgan fingerprint density at radius 3 is 2.18 bits per heavy atom. The van der Waals surface area contributed by atoms with E-state index in [0.29, 0.717) is 0 Å². The lowest BCUT2D eigenvalue weighted by Gasteiger charge is -2.37. The molecule has 3 heteroatoms. The van der Waals surface area contributed by atoms with Gasteiger partial charge in [0.05, 0.1) is 0 Å². The van der Waals surface area contributed by atoms with Gasteiger partial charge in [-0.15, -0.1) is 0 Å². The highest BCUT2D eigenvalue weighted by Crippen LogP contribution is 2.51. The lowest BCUT2D eigenvalue weighted by Crippen LogP contribution is -2.47. The number of benzene rings is 3. The van der Waals surface area contributed by atoms with Crippen molar-refractivity contribution >= 4 is 22.4 Å². The minimum atomic E-state index is -0.879. The van der Waals surface area contributed by atoms with Crippen LogP contribution in [0.25, 0.3) is 10.9 Å². The summed E-state index contributed by atoms with van der Waals surface area (Å²) >= 11 is 0. The average Bonchev–Trinajstić information content (AvgIpc) is 3.13. The van der Waals surface area contributed by atoms with Crippen molar-refractivity contribution in [1.82, 2.24) is 4.57 Å². The van der Waals surface area contributed by atoms with E-state index in [0.717, 1.165) is 39.0 Å². The summed E-state index contributed by atoms with van der Waals surface area (Å²) < 4.78 is 2.19. The van der Waals surface area contributed by atoms with Gasteiger partial charge >= 0.3 is 0 Å². The third-order valence-electron chi connectivity index (χ3n) is 6.29. The van der Waals surface area contributed by atoms with Gasteiger partial charge in [0.15, 0.2) is 11.3 Å². The second-order valence-electron chi connectivity index (χ2n) is 7.52. The second-order valence-corrected chi connectivity index (χ2v) is 7.52. The number of anilines is 1. The van der Waals surface area contributed by atoms with Gasteiger partial charge in [0.1, 0.15) is 0 Å². The van der Waals surface area contributed by atoms with Crippen molar-refractivity contribution in [3.05, 3.63) is 101 Å². The monoisotopic (exact) mass is 366 g/mol. The molecular weight excluding hydrogens is 344 g/mol. The third kappa shape index (κ3) is 1.91. The molecule has 138 valence electrons. The summed E-state index contributed by atoms with van der Waals surface area (Å²) in [5.41, 5.74) is 5.19. The van der Waals surface area contributed by atoms with E-state index in [4.69, 9.17) is 0 Å². The van der Waals surface area contributed by atoms with Crippen LogP contribution >= 0.6 is 0 Å². The summed E-state index contributed by atoms with van der Waals surface area (Å²) in [5, 5.41) is 1.12. The van der Waals surface area contributed by atoms with Crippen LogP contribution in [0.4, 0.5) is 5.69 Å². The number of Topliss-reactive ketones (excluding diaryl/α,β-unsaturated/α-hetero) is 1. The van der Waals surface area contributed by atoms with Crippen molar-refractivity contribution in [3.8, 4) is 0 Å². The number of carbonyl (C=O) groups is 1. The highest BCUT2D eigenvalue weighted by Gasteiger charge is 2.54. The number of nitrogens with zero attached hydrogens (tertiary/aromatic N) is 2. The molecule has 0 radical (unpaired) electrons. The van der Waals surface area contributed by atoms with E-state index < -0.39 is 5.54 Å². The molecule has 5 rings (SSSR count). The molecule has 4 aromatic rings. The second kappa shape index (κ2) is 5.83. The summed E-state index contributed by atoms with van der Waals surface area (Å²) in [6.45, 7) is 2.12. The van der Waals surface area contributed by atoms with Crippen molar-refractivity contribution in [2.24, 2.45) is 7.05 Å². The van der Waals surface area contributed by atoms with Gasteiger partial charge in [-0.3, -0.25) is 4.79 Å². The number of para-hydroxylation sites is 2. The molecule has 28 heavy (non-hydrogen) atoms. The highest BCUT2D eigenvalue weighted by molar-refractivity contribution is 6.18. The van der Waals surface area contributed by atoms with Gasteiger partial charge in [0, 0.05) is 47.5 Å². The van der Waals surface area contributed by atoms with Crippen LogP contribution in [0.1, 0.15) is 27.2 Å². The maximum absolute atomic E-state index is 14.1. The van der Waals surface area contributed by atoms with Gasteiger partial charge in [0.25, 0.3) is 0 Å². The number of aryl methyl sites for hydroxylation is 1. The molecule has 0 fully saturated rings. The number of aromatic nitrogens is 1. The number of fused-ring (bicyclic) bond motifs is 2. The first kappa shape index (κ1) is 16.8. The Kier molecular flexibility index (Phi) is 3.50. The standard InChI is InChI=1S/C25H22N2O/c1-17-23(19-13-7-9-15-21(19)26(17)2)25(18-11-5-4-6-12-18)24(28)20-14-8-10-16-22(20)27(25)3/h4-16H,1-3H3. The molecule has 0 amide bonds. The maximum atomic E-state index is 14.1. The number of hydrogen-bond donors (Lipinski definition) is 0. The molecule has 0 saturated carbocycles. The van der Waals surface area contributed by atoms with E-state index in [-0.39, 0.29) is 5.78 Å². The van der Waals surface area contributed by atoms with Crippen LogP contribution in [0, 0.1) is 6.92 Å². The van der Waals surface area contributed by atoms with Crippen molar-refractivity contribution in [2.75, 3.05) is 11.9 Å². The molecule has 1 unspecified atom stereocenters. The molecule has 1 aliphatic rings. The zero-order chi connectivity index (χ0) is 19.5. The molecule has 3 aromatic carbocycles. The first-order valence-electron chi connectivity index (χ1n) is 9.56. The Hall–Kier alpha value is -3.33. The predicted octanol–water partition coefficient (Wildman–Crippen LogP) is 5.06. The van der Waals surface area contributed by atoms with E-state index in [2.05, 4.69) is 59.8 Å². The Morgan fingerprint density at radius 1 is 0.786 bits per heavy atom. The van der Waals surface area contributed by atoms with Crippen LogP contribution in [0.3, 0.4) is 0 Å². The number of ketones is 1. The first-order chi connectivity index (χ1) is 13.6. The van der Waals surface area contributed by atoms with Crippen molar-refractivity contribution in [1.29, 1.82) is 0 Å². The van der Waals surface area contributed by atoms with Gasteiger partial charge in [-0.1, -0.05) is 60.7 Å². The van der Waals surface area contributed by atoms with Crippen LogP contribution in [-0.4, -0.2) is 17.4 Å². The summed E-state index contributed by atoms with van der Waals surface area (Å²) in [7, 11) is 4.12. The normalized spacial score (nSPS) is 18.7. The fourth-order valence-corrected chi connectivity index (χ4v) is 4.89. The first-order valence-corrected chi connectivity index (χ1v) is 9.56. The van der Waals surface area contributed by atoms with Crippen LogP contribution in [-0.2, 0) is 12.6 Å². The van der Waals surface area contributed by atoms with Crippen molar-refractivity contribution < 1.29 is 4.79 Å². The maximum Gasteiger partial charge on any atom is 0.199 e. The van der Waals surface area contributed by atoms with E-state index in [1.165, 1.54) is 0 Å². The van der Waals surface area contributed by atoms with Crippen molar-refractivity contribution in [3.63, 3.8) is 0 Å². The molecule has 0 spiro atoms. The molecule has 1 aromatic heterocycles. The minimum absolute atomic E-state index is 0.135. The number of rotatable bonds is 2. The summed E-state index contributed by atoms with van der Waals surface area (Å²) in [6, 6.07) is 26.5. The van der Waals surface area contributed by atoms with Crippen LogP contribution in [0.2, 0.25) is 0 Å². The number of likely N-dealkylation sites (N-methyl/N-ethyl adjacent to an activating group) is 1. The Balaban J connectivity index is 1.95. The SMILES string of the molecule is Cc1c(C2(c3ccccc3)C(=O)c3ccccc3N2C)c2ccccc2n1C. The van der Waals surface area contributed by atoms with Gasteiger partial charge in [-0.05, 0) is 30.7 Å². The molecule has 1 atom stereocenters. The predicted molar refractivity (Wildman–Crippen MR) is 114 cm³/mol. The zero-order valence-corrected chi connectivity index (χ0v) is 16.3. The molecule has 0 aliphatic carbocycles. The average molecular weight is 366 g/mol. The molecule has 1 aliphatic heterocycles. The van der Waals surface area contributed by atoms with Gasteiger partial charge in [-0.25, -0.2) is 0 Å². The van der Waals surface area contributed by atoms with Gasteiger partial charge in [-0.2, -0.15) is 0 Å². The smallest absolute Gasteiger partial charge is 0.199 e. The van der Waals surface area contributed by atoms with Crippen LogP contribution in [0.5, 0.6) is 0 Å². The molecule has 0 N–H and O–H groups in total. The quantitative estimate of drug-likeness (QED) is 0.495. The molecule has 2 heterocycles. The molecular formula is C25H22N2O. The molecule has 3 nitrogen and oxygen atoms in total. The Morgan fingerprint density at radius 2 is 1.43 bits per heavy atom. The lowest BCUT2D eigenvalue weighted by molar-refractivity contribution is 0.0929. The Bertz CT molecular complexity index is 1220. The third-order valence-corrected chi connectivity index (χ3v) is 6.29. The largest absolute Gasteiger partial charge is 0.354 e. The van der Waals surface area contributed by atoms with Gasteiger partial charge < -0.3 is 9.47 Å². The topological polar surface area (TPSA) is 25.2 Å². The summed E-state index contributed by atoms with van der Waals surface area (Å²) in [5.74, 6) is 0.135. The number of hydrogen-bond acceptors (Lipinski definition) is 2. The Labute approximate surface area is 164 Å². The highest BCUT2D eigenvalue weighted by atomic mass is 16.1. The zero-order valence-electron chi connectivity index (χ0n) is 16.3.